The molecule has 0 amide bonds. The van der Waals surface area contributed by atoms with Crippen molar-refractivity contribution in [3.63, 3.8) is 0 Å². The number of Topliss-reactive ketones (excluding diaryl/α,β-unsaturated/α-hetero) is 1. The van der Waals surface area contributed by atoms with Crippen molar-refractivity contribution in [2.24, 2.45) is 5.41 Å². The van der Waals surface area contributed by atoms with Crippen LogP contribution in [0.5, 0.6) is 0 Å². The van der Waals surface area contributed by atoms with E-state index in [4.69, 9.17) is 4.74 Å². The highest BCUT2D eigenvalue weighted by Crippen LogP contribution is 2.41. The number of carbonyl (C=O) groups is 2. The molecule has 1 aromatic heterocycles. The van der Waals surface area contributed by atoms with E-state index in [0.717, 1.165) is 0 Å². The highest BCUT2D eigenvalue weighted by atomic mass is 19.4. The lowest BCUT2D eigenvalue weighted by Crippen LogP contribution is -2.40. The minimum absolute atomic E-state index is 0.0239. The van der Waals surface area contributed by atoms with Gasteiger partial charge in [-0.05, 0) is 99.0 Å². The zero-order valence-corrected chi connectivity index (χ0v) is 27.3. The van der Waals surface area contributed by atoms with Gasteiger partial charge in [-0.1, -0.05) is 13.0 Å². The molecule has 1 aliphatic rings. The summed E-state index contributed by atoms with van der Waals surface area (Å²) in [4.78, 5) is 32.2. The lowest BCUT2D eigenvalue weighted by Gasteiger charge is -2.39. The molecule has 2 heterocycles. The summed E-state index contributed by atoms with van der Waals surface area (Å²) in [5.41, 5.74) is -3.27. The summed E-state index contributed by atoms with van der Waals surface area (Å²) < 4.78 is 100. The van der Waals surface area contributed by atoms with E-state index in [2.05, 4.69) is 15.2 Å². The van der Waals surface area contributed by atoms with Crippen LogP contribution in [0.25, 0.3) is 11.1 Å². The van der Waals surface area contributed by atoms with Gasteiger partial charge in [0.2, 0.25) is 0 Å². The third-order valence-electron chi connectivity index (χ3n) is 8.98. The average molecular weight is 682 g/mol. The van der Waals surface area contributed by atoms with E-state index in [1.807, 2.05) is 6.92 Å². The Labute approximate surface area is 274 Å². The molecular weight excluding hydrogens is 643 g/mol. The van der Waals surface area contributed by atoms with E-state index >= 15 is 0 Å². The number of benzene rings is 2. The molecule has 4 rings (SSSR count). The monoisotopic (exact) mass is 681 g/mol. The van der Waals surface area contributed by atoms with Crippen molar-refractivity contribution >= 4 is 23.3 Å². The van der Waals surface area contributed by atoms with Gasteiger partial charge in [0.15, 0.2) is 5.78 Å². The van der Waals surface area contributed by atoms with Crippen LogP contribution < -0.4 is 10.2 Å². The van der Waals surface area contributed by atoms with E-state index in [9.17, 15) is 40.3 Å². The number of piperidine rings is 1. The Hall–Kier alpha value is -4.16. The summed E-state index contributed by atoms with van der Waals surface area (Å²) in [6.45, 7) is 9.10. The van der Waals surface area contributed by atoms with Gasteiger partial charge >= 0.3 is 18.3 Å². The van der Waals surface area contributed by atoms with Crippen LogP contribution in [0.2, 0.25) is 0 Å². The highest BCUT2D eigenvalue weighted by Gasteiger charge is 2.40. The predicted molar refractivity (Wildman–Crippen MR) is 168 cm³/mol. The van der Waals surface area contributed by atoms with Crippen LogP contribution in [0.3, 0.4) is 0 Å². The number of nitrogens with one attached hydrogen (secondary N) is 1. The molecule has 3 aromatic rings. The van der Waals surface area contributed by atoms with Gasteiger partial charge in [-0.25, -0.2) is 9.37 Å². The Morgan fingerprint density at radius 3 is 2.04 bits per heavy atom. The lowest BCUT2D eigenvalue weighted by atomic mass is 9.77. The fourth-order valence-corrected chi connectivity index (χ4v) is 5.80. The van der Waals surface area contributed by atoms with Crippen LogP contribution in [-0.4, -0.2) is 43.0 Å². The molecule has 0 spiro atoms. The van der Waals surface area contributed by atoms with Gasteiger partial charge in [0.05, 0.1) is 48.0 Å². The molecule has 0 aliphatic carbocycles. The molecule has 260 valence electrons. The molecule has 0 bridgehead atoms. The van der Waals surface area contributed by atoms with Crippen LogP contribution in [-0.2, 0) is 32.1 Å². The number of pyridine rings is 1. The fraction of sp³-hybridized carbons (Fsp3) is 0.457. The minimum Gasteiger partial charge on any atom is -0.466 e. The van der Waals surface area contributed by atoms with Crippen LogP contribution in [0.1, 0.15) is 69.2 Å². The summed E-state index contributed by atoms with van der Waals surface area (Å²) in [5, 5.41) is 2.98. The van der Waals surface area contributed by atoms with E-state index in [-0.39, 0.29) is 17.5 Å². The van der Waals surface area contributed by atoms with E-state index in [1.165, 1.54) is 32.2 Å². The number of ketones is 1. The minimum atomic E-state index is -5.06. The van der Waals surface area contributed by atoms with Crippen molar-refractivity contribution in [1.29, 1.82) is 0 Å². The number of anilines is 2. The number of halogens is 7. The molecule has 48 heavy (non-hydrogen) atoms. The summed E-state index contributed by atoms with van der Waals surface area (Å²) in [6, 6.07) is 7.15. The quantitative estimate of drug-likeness (QED) is 0.171. The largest absolute Gasteiger partial charge is 0.466 e. The van der Waals surface area contributed by atoms with Crippen LogP contribution in [0.15, 0.2) is 48.7 Å². The number of ether oxygens (including phenoxy) is 1. The van der Waals surface area contributed by atoms with Crippen molar-refractivity contribution in [3.05, 3.63) is 76.7 Å². The summed E-state index contributed by atoms with van der Waals surface area (Å²) in [5.74, 6) is -0.763. The molecule has 1 N–H and O–H groups in total. The zero-order chi connectivity index (χ0) is 35.7. The standard InChI is InChI=1S/C35H38F7N3O3/c1-6-48-31(47)18-33(5)9-11-45(12-10-33)30-17-27(26-8-7-25(36)13-21(26)2)28(19-44-30)43-20-29(46)32(3,4)22-14-23(34(37,38)39)16-24(15-22)35(40,41)42/h7-8,13-17,19,43H,6,9-12,18,20H2,1-5H3. The topological polar surface area (TPSA) is 71.5 Å². The van der Waals surface area contributed by atoms with Crippen LogP contribution in [0.4, 0.5) is 42.2 Å². The van der Waals surface area contributed by atoms with Crippen LogP contribution >= 0.6 is 0 Å². The number of alkyl halides is 6. The van der Waals surface area contributed by atoms with Gasteiger partial charge in [0.25, 0.3) is 0 Å². The number of aryl methyl sites for hydroxylation is 1. The molecule has 0 atom stereocenters. The second-order valence-corrected chi connectivity index (χ2v) is 13.0. The van der Waals surface area contributed by atoms with Crippen molar-refractivity contribution in [1.82, 2.24) is 4.98 Å². The van der Waals surface area contributed by atoms with Crippen molar-refractivity contribution in [2.45, 2.75) is 71.6 Å². The zero-order valence-electron chi connectivity index (χ0n) is 27.3. The molecule has 13 heteroatoms. The number of nitrogens with zero attached hydrogens (tertiary/aromatic N) is 2. The van der Waals surface area contributed by atoms with Crippen molar-refractivity contribution in [2.75, 3.05) is 36.5 Å². The van der Waals surface area contributed by atoms with Gasteiger partial charge in [-0.3, -0.25) is 9.59 Å². The Morgan fingerprint density at radius 1 is 0.917 bits per heavy atom. The summed E-state index contributed by atoms with van der Waals surface area (Å²) >= 11 is 0. The van der Waals surface area contributed by atoms with Gasteiger partial charge in [-0.15, -0.1) is 0 Å². The normalized spacial score (nSPS) is 15.3. The first-order valence-electron chi connectivity index (χ1n) is 15.5. The van der Waals surface area contributed by atoms with Crippen LogP contribution in [0, 0.1) is 18.2 Å². The van der Waals surface area contributed by atoms with E-state index < -0.39 is 52.6 Å². The number of esters is 1. The number of aromatic nitrogens is 1. The fourth-order valence-electron chi connectivity index (χ4n) is 5.80. The number of carbonyl (C=O) groups excluding carboxylic acids is 2. The maximum absolute atomic E-state index is 14.0. The van der Waals surface area contributed by atoms with Crippen molar-refractivity contribution < 1.29 is 45.1 Å². The number of hydrogen-bond donors (Lipinski definition) is 1. The van der Waals surface area contributed by atoms with Gasteiger partial charge in [0, 0.05) is 18.7 Å². The molecule has 0 radical (unpaired) electrons. The Kier molecular flexibility index (Phi) is 10.5. The average Bonchev–Trinajstić information content (AvgIpc) is 2.99. The molecule has 1 aliphatic heterocycles. The maximum atomic E-state index is 14.0. The third-order valence-corrected chi connectivity index (χ3v) is 8.98. The molecule has 6 nitrogen and oxygen atoms in total. The molecule has 1 fully saturated rings. The van der Waals surface area contributed by atoms with Gasteiger partial charge < -0.3 is 15.0 Å². The van der Waals surface area contributed by atoms with Crippen molar-refractivity contribution in [3.8, 4) is 11.1 Å². The first kappa shape index (κ1) is 36.7. The van der Waals surface area contributed by atoms with E-state index in [0.29, 0.717) is 79.3 Å². The SMILES string of the molecule is CCOC(=O)CC1(C)CCN(c2cc(-c3ccc(F)cc3C)c(NCC(=O)C(C)(C)c3cc(C(F)(F)F)cc(C(F)(F)F)c3)cn2)CC1. The second kappa shape index (κ2) is 13.8. The Balaban J connectivity index is 1.62. The number of hydrogen-bond acceptors (Lipinski definition) is 6. The lowest BCUT2D eigenvalue weighted by molar-refractivity contribution is -0.146. The Bertz CT molecular complexity index is 1630. The van der Waals surface area contributed by atoms with E-state index in [1.54, 1.807) is 26.0 Å². The summed E-state index contributed by atoms with van der Waals surface area (Å²) in [7, 11) is 0. The number of rotatable bonds is 10. The Morgan fingerprint density at radius 2 is 1.50 bits per heavy atom. The molecule has 0 saturated carbocycles. The first-order chi connectivity index (χ1) is 22.2. The highest BCUT2D eigenvalue weighted by molar-refractivity contribution is 5.94. The predicted octanol–water partition coefficient (Wildman–Crippen LogP) is 8.75. The molecular formula is C35H38F7N3O3. The van der Waals surface area contributed by atoms with Gasteiger partial charge in [-0.2, -0.15) is 26.3 Å². The molecule has 1 saturated heterocycles. The van der Waals surface area contributed by atoms with Gasteiger partial charge in [0.1, 0.15) is 11.6 Å². The maximum Gasteiger partial charge on any atom is 0.416 e. The first-order valence-corrected chi connectivity index (χ1v) is 15.5. The smallest absolute Gasteiger partial charge is 0.416 e. The molecule has 0 unspecified atom stereocenters. The second-order valence-electron chi connectivity index (χ2n) is 13.0. The third kappa shape index (κ3) is 8.46. The molecule has 2 aromatic carbocycles. The summed E-state index contributed by atoms with van der Waals surface area (Å²) in [6.07, 6.45) is -6.92.